The lowest BCUT2D eigenvalue weighted by molar-refractivity contribution is 0.595. The van der Waals surface area contributed by atoms with E-state index in [0.717, 1.165) is 37.6 Å². The second-order valence-corrected chi connectivity index (χ2v) is 5.13. The van der Waals surface area contributed by atoms with Crippen molar-refractivity contribution in [3.8, 4) is 0 Å². The number of benzene rings is 1. The van der Waals surface area contributed by atoms with Crippen LogP contribution in [-0.4, -0.2) is 36.1 Å². The largest absolute Gasteiger partial charge is 0.383 e. The summed E-state index contributed by atoms with van der Waals surface area (Å²) >= 11 is 0. The molecule has 0 bridgehead atoms. The molecule has 1 aliphatic rings. The smallest absolute Gasteiger partial charge is 0.146 e. The van der Waals surface area contributed by atoms with Gasteiger partial charge in [-0.15, -0.1) is 0 Å². The van der Waals surface area contributed by atoms with Crippen molar-refractivity contribution in [2.75, 3.05) is 41.7 Å². The van der Waals surface area contributed by atoms with Crippen LogP contribution >= 0.6 is 0 Å². The fourth-order valence-corrected chi connectivity index (χ4v) is 2.64. The number of hydrogen-bond acceptors (Lipinski definition) is 5. The van der Waals surface area contributed by atoms with Gasteiger partial charge in [-0.1, -0.05) is 12.1 Å². The highest BCUT2D eigenvalue weighted by Crippen LogP contribution is 2.24. The molecule has 0 amide bonds. The maximum Gasteiger partial charge on any atom is 0.146 e. The molecule has 2 aromatic rings. The van der Waals surface area contributed by atoms with Crippen molar-refractivity contribution in [2.24, 2.45) is 0 Å². The molecule has 0 radical (unpaired) electrons. The summed E-state index contributed by atoms with van der Waals surface area (Å²) in [5.74, 6) is 1.21. The van der Waals surface area contributed by atoms with Gasteiger partial charge in [0.05, 0.1) is 5.69 Å². The Kier molecular flexibility index (Phi) is 3.60. The molecule has 110 valence electrons. The lowest BCUT2D eigenvalue weighted by Gasteiger charge is -2.37. The van der Waals surface area contributed by atoms with E-state index in [9.17, 15) is 4.39 Å². The Balaban J connectivity index is 1.74. The van der Waals surface area contributed by atoms with Gasteiger partial charge in [0.2, 0.25) is 0 Å². The van der Waals surface area contributed by atoms with E-state index in [-0.39, 0.29) is 5.82 Å². The molecule has 2 heterocycles. The molecule has 0 saturated carbocycles. The van der Waals surface area contributed by atoms with E-state index in [0.29, 0.717) is 11.5 Å². The topological polar surface area (TPSA) is 58.3 Å². The number of piperazine rings is 1. The van der Waals surface area contributed by atoms with Crippen molar-refractivity contribution in [2.45, 2.75) is 6.92 Å². The van der Waals surface area contributed by atoms with Crippen molar-refractivity contribution in [1.29, 1.82) is 0 Å². The first-order valence-corrected chi connectivity index (χ1v) is 6.98. The van der Waals surface area contributed by atoms with Gasteiger partial charge in [-0.05, 0) is 19.1 Å². The molecule has 0 spiro atoms. The maximum absolute atomic E-state index is 13.8. The van der Waals surface area contributed by atoms with E-state index in [4.69, 9.17) is 5.73 Å². The maximum atomic E-state index is 13.8. The molecule has 21 heavy (non-hydrogen) atoms. The van der Waals surface area contributed by atoms with E-state index < -0.39 is 0 Å². The summed E-state index contributed by atoms with van der Waals surface area (Å²) in [6.07, 6.45) is 1.49. The molecule has 1 aromatic carbocycles. The van der Waals surface area contributed by atoms with Crippen molar-refractivity contribution in [1.82, 2.24) is 9.97 Å². The van der Waals surface area contributed by atoms with Crippen molar-refractivity contribution < 1.29 is 4.39 Å². The number of aromatic nitrogens is 2. The zero-order chi connectivity index (χ0) is 14.8. The predicted octanol–water partition coefficient (Wildman–Crippen LogP) is 1.83. The van der Waals surface area contributed by atoms with Crippen LogP contribution < -0.4 is 15.5 Å². The number of halogens is 1. The van der Waals surface area contributed by atoms with Crippen LogP contribution in [0.5, 0.6) is 0 Å². The number of nitrogens with zero attached hydrogens (tertiary/aromatic N) is 4. The van der Waals surface area contributed by atoms with Gasteiger partial charge in [0.25, 0.3) is 0 Å². The zero-order valence-electron chi connectivity index (χ0n) is 12.0. The highest BCUT2D eigenvalue weighted by Gasteiger charge is 2.21. The van der Waals surface area contributed by atoms with E-state index in [1.807, 2.05) is 19.1 Å². The number of nitrogen functional groups attached to an aromatic ring is 1. The van der Waals surface area contributed by atoms with Crippen LogP contribution in [-0.2, 0) is 0 Å². The molecule has 1 fully saturated rings. The number of anilines is 3. The van der Waals surface area contributed by atoms with E-state index >= 15 is 0 Å². The molecule has 2 N–H and O–H groups in total. The van der Waals surface area contributed by atoms with Crippen LogP contribution in [0.1, 0.15) is 5.56 Å². The summed E-state index contributed by atoms with van der Waals surface area (Å²) in [7, 11) is 0. The van der Waals surface area contributed by atoms with E-state index in [1.54, 1.807) is 6.07 Å². The number of hydrogen-bond donors (Lipinski definition) is 1. The van der Waals surface area contributed by atoms with Crippen LogP contribution in [0.15, 0.2) is 30.6 Å². The minimum absolute atomic E-state index is 0.173. The Hall–Kier alpha value is -2.37. The molecular formula is C15H18FN5. The van der Waals surface area contributed by atoms with E-state index in [2.05, 4.69) is 19.8 Å². The van der Waals surface area contributed by atoms with Crippen LogP contribution in [0, 0.1) is 12.7 Å². The normalized spacial score (nSPS) is 15.3. The second kappa shape index (κ2) is 5.55. The fourth-order valence-electron chi connectivity index (χ4n) is 2.64. The highest BCUT2D eigenvalue weighted by molar-refractivity contribution is 5.57. The molecule has 6 heteroatoms. The summed E-state index contributed by atoms with van der Waals surface area (Å²) in [6.45, 7) is 5.00. The van der Waals surface area contributed by atoms with Gasteiger partial charge in [0.1, 0.15) is 23.8 Å². The summed E-state index contributed by atoms with van der Waals surface area (Å²) in [4.78, 5) is 12.5. The summed E-state index contributed by atoms with van der Waals surface area (Å²) < 4.78 is 13.8. The Morgan fingerprint density at radius 2 is 1.71 bits per heavy atom. The molecular weight excluding hydrogens is 269 g/mol. The first-order valence-electron chi connectivity index (χ1n) is 6.98. The summed E-state index contributed by atoms with van der Waals surface area (Å²) in [5.41, 5.74) is 7.39. The Labute approximate surface area is 123 Å². The summed E-state index contributed by atoms with van der Waals surface area (Å²) in [6, 6.07) is 6.89. The Morgan fingerprint density at radius 3 is 2.43 bits per heavy atom. The zero-order valence-corrected chi connectivity index (χ0v) is 12.0. The monoisotopic (exact) mass is 287 g/mol. The highest BCUT2D eigenvalue weighted by atomic mass is 19.1. The third-order valence-electron chi connectivity index (χ3n) is 3.87. The van der Waals surface area contributed by atoms with Crippen molar-refractivity contribution in [3.63, 3.8) is 0 Å². The lowest BCUT2D eigenvalue weighted by Crippen LogP contribution is -2.47. The minimum Gasteiger partial charge on any atom is -0.383 e. The molecule has 0 atom stereocenters. The number of nitrogens with two attached hydrogens (primary N) is 1. The average molecular weight is 287 g/mol. The van der Waals surface area contributed by atoms with Gasteiger partial charge in [-0.25, -0.2) is 14.4 Å². The molecule has 0 unspecified atom stereocenters. The van der Waals surface area contributed by atoms with Gasteiger partial charge in [0.15, 0.2) is 0 Å². The molecule has 1 saturated heterocycles. The van der Waals surface area contributed by atoms with Crippen molar-refractivity contribution in [3.05, 3.63) is 42.0 Å². The standard InChI is InChI=1S/C15H18FN5/c1-11-14(17)18-10-19-15(11)21-8-6-20(7-9-21)13-5-3-2-4-12(13)16/h2-5,10H,6-9H2,1H3,(H2,17,18,19). The van der Waals surface area contributed by atoms with Crippen molar-refractivity contribution >= 4 is 17.3 Å². The molecule has 1 aromatic heterocycles. The minimum atomic E-state index is -0.173. The molecule has 1 aliphatic heterocycles. The van der Waals surface area contributed by atoms with Gasteiger partial charge in [-0.2, -0.15) is 0 Å². The predicted molar refractivity (Wildman–Crippen MR) is 82.0 cm³/mol. The fraction of sp³-hybridized carbons (Fsp3) is 0.333. The Morgan fingerprint density at radius 1 is 1.05 bits per heavy atom. The summed E-state index contributed by atoms with van der Waals surface area (Å²) in [5, 5.41) is 0. The molecule has 0 aliphatic carbocycles. The lowest BCUT2D eigenvalue weighted by atomic mass is 10.2. The second-order valence-electron chi connectivity index (χ2n) is 5.13. The third kappa shape index (κ3) is 2.61. The van der Waals surface area contributed by atoms with Gasteiger partial charge >= 0.3 is 0 Å². The Bertz CT molecular complexity index is 638. The van der Waals surface area contributed by atoms with Crippen LogP contribution in [0.4, 0.5) is 21.7 Å². The van der Waals surface area contributed by atoms with Gasteiger partial charge in [-0.3, -0.25) is 0 Å². The van der Waals surface area contributed by atoms with Crippen LogP contribution in [0.25, 0.3) is 0 Å². The molecule has 3 rings (SSSR count). The molecule has 5 nitrogen and oxygen atoms in total. The SMILES string of the molecule is Cc1c(N)ncnc1N1CCN(c2ccccc2F)CC1. The quantitative estimate of drug-likeness (QED) is 0.913. The van der Waals surface area contributed by atoms with E-state index in [1.165, 1.54) is 12.4 Å². The van der Waals surface area contributed by atoms with Gasteiger partial charge < -0.3 is 15.5 Å². The van der Waals surface area contributed by atoms with Gasteiger partial charge in [0, 0.05) is 31.7 Å². The first-order chi connectivity index (χ1) is 10.2. The number of rotatable bonds is 2. The van der Waals surface area contributed by atoms with Crippen LogP contribution in [0.3, 0.4) is 0 Å². The first kappa shape index (κ1) is 13.6. The van der Waals surface area contributed by atoms with Crippen LogP contribution in [0.2, 0.25) is 0 Å². The average Bonchev–Trinajstić information content (AvgIpc) is 2.51. The third-order valence-corrected chi connectivity index (χ3v) is 3.87. The number of para-hydroxylation sites is 1.